The van der Waals surface area contributed by atoms with Gasteiger partial charge in [0.2, 0.25) is 11.8 Å². The first-order valence-corrected chi connectivity index (χ1v) is 11.5. The minimum Gasteiger partial charge on any atom is -0.355 e. The Kier molecular flexibility index (Phi) is 8.73. The van der Waals surface area contributed by atoms with E-state index in [0.717, 1.165) is 15.9 Å². The first-order chi connectivity index (χ1) is 15.1. The van der Waals surface area contributed by atoms with Crippen molar-refractivity contribution in [2.45, 2.75) is 26.4 Å². The highest BCUT2D eigenvalue weighted by molar-refractivity contribution is 7.90. The number of likely N-dealkylation sites (N-methyl/N-ethyl adjacent to an activating group) is 1. The topological polar surface area (TPSA) is 90.0 Å². The fourth-order valence-electron chi connectivity index (χ4n) is 3.04. The molecule has 0 saturated carbocycles. The van der Waals surface area contributed by atoms with Gasteiger partial charge in [-0.25, -0.2) is 8.70 Å². The van der Waals surface area contributed by atoms with Crippen LogP contribution in [0.2, 0.25) is 0 Å². The number of anilines is 1. The molecule has 0 aliphatic rings. The normalized spacial score (nSPS) is 12.3. The van der Waals surface area contributed by atoms with Crippen molar-refractivity contribution in [3.8, 4) is 0 Å². The van der Waals surface area contributed by atoms with Crippen molar-refractivity contribution >= 4 is 27.7 Å². The predicted octanol–water partition coefficient (Wildman–Crippen LogP) is 1.99. The molecule has 2 amide bonds. The van der Waals surface area contributed by atoms with Crippen molar-refractivity contribution in [3.63, 3.8) is 0 Å². The lowest BCUT2D eigenvalue weighted by Gasteiger charge is -2.32. The molecule has 0 aliphatic carbocycles. The molecule has 0 aliphatic heterocycles. The van der Waals surface area contributed by atoms with Crippen LogP contribution in [0.25, 0.3) is 0 Å². The molecule has 0 spiro atoms. The molecular formula is C22H29FN4O4S. The molecular weight excluding hydrogens is 435 g/mol. The van der Waals surface area contributed by atoms with Gasteiger partial charge in [-0.15, -0.1) is 0 Å². The van der Waals surface area contributed by atoms with E-state index >= 15 is 0 Å². The van der Waals surface area contributed by atoms with Crippen molar-refractivity contribution in [2.75, 3.05) is 31.5 Å². The predicted molar refractivity (Wildman–Crippen MR) is 121 cm³/mol. The van der Waals surface area contributed by atoms with Gasteiger partial charge in [0.25, 0.3) is 0 Å². The van der Waals surface area contributed by atoms with E-state index in [1.165, 1.54) is 37.2 Å². The Bertz CT molecular complexity index is 1030. The Morgan fingerprint density at radius 2 is 1.62 bits per heavy atom. The number of hydrogen-bond acceptors (Lipinski definition) is 4. The van der Waals surface area contributed by atoms with Crippen molar-refractivity contribution < 1.29 is 22.4 Å². The summed E-state index contributed by atoms with van der Waals surface area (Å²) in [6.45, 7) is 3.13. The summed E-state index contributed by atoms with van der Waals surface area (Å²) in [6, 6.07) is 13.5. The average molecular weight is 465 g/mol. The molecule has 1 atom stereocenters. The maximum atomic E-state index is 14.5. The Hall–Kier alpha value is -2.98. The number of carbonyl (C=O) groups is 2. The van der Waals surface area contributed by atoms with Gasteiger partial charge in [-0.1, -0.05) is 42.5 Å². The monoisotopic (exact) mass is 464 g/mol. The van der Waals surface area contributed by atoms with Gasteiger partial charge in [0.05, 0.1) is 5.69 Å². The van der Waals surface area contributed by atoms with Crippen LogP contribution in [0.15, 0.2) is 54.6 Å². The summed E-state index contributed by atoms with van der Waals surface area (Å²) < 4.78 is 42.0. The second-order valence-electron chi connectivity index (χ2n) is 7.33. The molecule has 0 saturated heterocycles. The van der Waals surface area contributed by atoms with Gasteiger partial charge in [0.15, 0.2) is 0 Å². The Labute approximate surface area is 188 Å². The third-order valence-electron chi connectivity index (χ3n) is 4.85. The Morgan fingerprint density at radius 1 is 1.03 bits per heavy atom. The Morgan fingerprint density at radius 3 is 2.19 bits per heavy atom. The molecule has 32 heavy (non-hydrogen) atoms. The van der Waals surface area contributed by atoms with E-state index in [2.05, 4.69) is 5.32 Å². The van der Waals surface area contributed by atoms with Crippen LogP contribution in [0.4, 0.5) is 10.1 Å². The lowest BCUT2D eigenvalue weighted by Crippen LogP contribution is -2.52. The van der Waals surface area contributed by atoms with Crippen LogP contribution in [0, 0.1) is 5.82 Å². The van der Waals surface area contributed by atoms with Crippen LogP contribution in [0.3, 0.4) is 0 Å². The first-order valence-electron chi connectivity index (χ1n) is 10.1. The van der Waals surface area contributed by atoms with Crippen LogP contribution in [0.5, 0.6) is 0 Å². The molecule has 1 N–H and O–H groups in total. The summed E-state index contributed by atoms with van der Waals surface area (Å²) in [5.74, 6) is -1.79. The third kappa shape index (κ3) is 6.04. The highest BCUT2D eigenvalue weighted by Gasteiger charge is 2.33. The summed E-state index contributed by atoms with van der Waals surface area (Å²) in [6.07, 6.45) is 0. The summed E-state index contributed by atoms with van der Waals surface area (Å²) in [7, 11) is -1.60. The molecule has 1 unspecified atom stereocenters. The van der Waals surface area contributed by atoms with E-state index in [9.17, 15) is 22.4 Å². The zero-order chi connectivity index (χ0) is 23.9. The molecule has 2 rings (SSSR count). The van der Waals surface area contributed by atoms with Crippen LogP contribution in [0.1, 0.15) is 19.4 Å². The zero-order valence-electron chi connectivity index (χ0n) is 18.7. The van der Waals surface area contributed by atoms with E-state index in [1.54, 1.807) is 38.1 Å². The largest absolute Gasteiger partial charge is 0.355 e. The van der Waals surface area contributed by atoms with E-state index in [1.807, 2.05) is 6.07 Å². The summed E-state index contributed by atoms with van der Waals surface area (Å²) in [5.41, 5.74) is 0.518. The van der Waals surface area contributed by atoms with E-state index in [-0.39, 0.29) is 18.1 Å². The number of para-hydroxylation sites is 1. The SMILES string of the molecule is CCNC(=O)C(C)N(Cc1ccccc1)C(=O)CN(c1ccccc1F)S(=O)(=O)N(C)C. The molecule has 0 radical (unpaired) electrons. The second kappa shape index (κ2) is 11.1. The first kappa shape index (κ1) is 25.3. The maximum Gasteiger partial charge on any atom is 0.304 e. The fraction of sp³-hybridized carbons (Fsp3) is 0.364. The van der Waals surface area contributed by atoms with Gasteiger partial charge in [0, 0.05) is 27.2 Å². The molecule has 8 nitrogen and oxygen atoms in total. The standard InChI is InChI=1S/C22H29FN4O4S/c1-5-24-22(29)17(2)26(15-18-11-7-6-8-12-18)21(28)16-27(32(30,31)25(3)4)20-14-10-9-13-19(20)23/h6-14,17H,5,15-16H2,1-4H3,(H,24,29). The van der Waals surface area contributed by atoms with Crippen LogP contribution in [-0.2, 0) is 26.3 Å². The number of benzene rings is 2. The fourth-order valence-corrected chi connectivity index (χ4v) is 4.10. The highest BCUT2D eigenvalue weighted by atomic mass is 32.2. The molecule has 174 valence electrons. The smallest absolute Gasteiger partial charge is 0.304 e. The minimum absolute atomic E-state index is 0.0884. The van der Waals surface area contributed by atoms with E-state index < -0.39 is 34.5 Å². The lowest BCUT2D eigenvalue weighted by molar-refractivity contribution is -0.139. The van der Waals surface area contributed by atoms with Crippen molar-refractivity contribution in [3.05, 3.63) is 66.0 Å². The third-order valence-corrected chi connectivity index (χ3v) is 6.66. The number of amides is 2. The van der Waals surface area contributed by atoms with Crippen molar-refractivity contribution in [1.29, 1.82) is 0 Å². The van der Waals surface area contributed by atoms with Crippen LogP contribution >= 0.6 is 0 Å². The quantitative estimate of drug-likeness (QED) is 0.582. The number of rotatable bonds is 10. The lowest BCUT2D eigenvalue weighted by atomic mass is 10.1. The average Bonchev–Trinajstić information content (AvgIpc) is 2.76. The molecule has 2 aromatic carbocycles. The molecule has 0 fully saturated rings. The number of halogens is 1. The number of nitrogens with one attached hydrogen (secondary N) is 1. The van der Waals surface area contributed by atoms with Crippen LogP contribution in [-0.4, -0.2) is 62.7 Å². The second-order valence-corrected chi connectivity index (χ2v) is 9.39. The number of carbonyl (C=O) groups excluding carboxylic acids is 2. The van der Waals surface area contributed by atoms with Gasteiger partial charge in [-0.05, 0) is 31.5 Å². The zero-order valence-corrected chi connectivity index (χ0v) is 19.5. The van der Waals surface area contributed by atoms with Gasteiger partial charge in [-0.2, -0.15) is 12.7 Å². The molecule has 0 heterocycles. The summed E-state index contributed by atoms with van der Waals surface area (Å²) >= 11 is 0. The molecule has 2 aromatic rings. The van der Waals surface area contributed by atoms with Gasteiger partial charge >= 0.3 is 10.2 Å². The summed E-state index contributed by atoms with van der Waals surface area (Å²) in [4.78, 5) is 27.1. The van der Waals surface area contributed by atoms with Crippen molar-refractivity contribution in [1.82, 2.24) is 14.5 Å². The number of hydrogen-bond donors (Lipinski definition) is 1. The molecule has 10 heteroatoms. The Balaban J connectivity index is 2.44. The van der Waals surface area contributed by atoms with Gasteiger partial charge in [-0.3, -0.25) is 9.59 Å². The van der Waals surface area contributed by atoms with Gasteiger partial charge < -0.3 is 10.2 Å². The van der Waals surface area contributed by atoms with E-state index in [0.29, 0.717) is 10.8 Å². The minimum atomic E-state index is -4.19. The van der Waals surface area contributed by atoms with Crippen molar-refractivity contribution in [2.24, 2.45) is 0 Å². The molecule has 0 aromatic heterocycles. The van der Waals surface area contributed by atoms with E-state index in [4.69, 9.17) is 0 Å². The molecule has 0 bridgehead atoms. The van der Waals surface area contributed by atoms with Crippen LogP contribution < -0.4 is 9.62 Å². The number of nitrogens with zero attached hydrogens (tertiary/aromatic N) is 3. The van der Waals surface area contributed by atoms with Gasteiger partial charge in [0.1, 0.15) is 18.4 Å². The summed E-state index contributed by atoms with van der Waals surface area (Å²) in [5, 5.41) is 2.68. The maximum absolute atomic E-state index is 14.5. The highest BCUT2D eigenvalue weighted by Crippen LogP contribution is 2.23.